The van der Waals surface area contributed by atoms with Crippen molar-refractivity contribution in [2.75, 3.05) is 71.5 Å². The molecule has 1 amide bonds. The van der Waals surface area contributed by atoms with E-state index in [-0.39, 0.29) is 29.3 Å². The van der Waals surface area contributed by atoms with Gasteiger partial charge in [-0.15, -0.1) is 0 Å². The number of nitrogens with one attached hydrogen (secondary N) is 1. The number of anilines is 1. The Hall–Kier alpha value is -3.35. The number of likely N-dealkylation sites (tertiary alicyclic amines) is 2. The SMILES string of the molecule is COC(=O)N[C@H]1CCC[C@@H]1[C@](CN1CCC1)(c1cccc(F)c1)C1CCN(CC2CN(c3ccc(C#N)cc3OC)C2)CC1. The zero-order valence-corrected chi connectivity index (χ0v) is 26.1. The molecule has 3 atom stereocenters. The Morgan fingerprint density at radius 1 is 1.02 bits per heavy atom. The highest BCUT2D eigenvalue weighted by molar-refractivity contribution is 5.67. The molecule has 3 aliphatic heterocycles. The molecule has 1 N–H and O–H groups in total. The van der Waals surface area contributed by atoms with Crippen LogP contribution >= 0.6 is 0 Å². The first-order chi connectivity index (χ1) is 21.4. The topological polar surface area (TPSA) is 81.1 Å². The van der Waals surface area contributed by atoms with Crippen molar-refractivity contribution in [1.29, 1.82) is 5.26 Å². The van der Waals surface area contributed by atoms with E-state index in [1.165, 1.54) is 13.5 Å². The molecule has 1 aliphatic carbocycles. The minimum absolute atomic E-state index is 0.0187. The summed E-state index contributed by atoms with van der Waals surface area (Å²) in [5.74, 6) is 1.78. The van der Waals surface area contributed by atoms with E-state index >= 15 is 0 Å². The van der Waals surface area contributed by atoms with Crippen LogP contribution in [-0.2, 0) is 10.2 Å². The van der Waals surface area contributed by atoms with E-state index in [4.69, 9.17) is 9.47 Å². The Morgan fingerprint density at radius 2 is 1.82 bits per heavy atom. The van der Waals surface area contributed by atoms with E-state index in [0.29, 0.717) is 17.4 Å². The van der Waals surface area contributed by atoms with E-state index < -0.39 is 0 Å². The summed E-state index contributed by atoms with van der Waals surface area (Å²) in [7, 11) is 3.09. The fourth-order valence-electron chi connectivity index (χ4n) is 8.62. The third kappa shape index (κ3) is 6.12. The largest absolute Gasteiger partial charge is 0.495 e. The molecule has 6 rings (SSSR count). The van der Waals surface area contributed by atoms with Crippen LogP contribution in [0, 0.1) is 34.9 Å². The Morgan fingerprint density at radius 3 is 2.48 bits per heavy atom. The van der Waals surface area contributed by atoms with Crippen LogP contribution in [0.4, 0.5) is 14.9 Å². The van der Waals surface area contributed by atoms with Gasteiger partial charge in [0.05, 0.1) is 31.5 Å². The number of hydrogen-bond donors (Lipinski definition) is 1. The summed E-state index contributed by atoms with van der Waals surface area (Å²) in [6.07, 6.45) is 5.96. The fourth-order valence-corrected chi connectivity index (χ4v) is 8.62. The van der Waals surface area contributed by atoms with Gasteiger partial charge in [-0.1, -0.05) is 18.6 Å². The van der Waals surface area contributed by atoms with Crippen LogP contribution in [0.1, 0.15) is 49.7 Å². The van der Waals surface area contributed by atoms with Crippen LogP contribution in [0.5, 0.6) is 5.75 Å². The number of hydrogen-bond acceptors (Lipinski definition) is 7. The van der Waals surface area contributed by atoms with Crippen molar-refractivity contribution >= 4 is 11.8 Å². The number of benzene rings is 2. The number of nitriles is 1. The summed E-state index contributed by atoms with van der Waals surface area (Å²) >= 11 is 0. The van der Waals surface area contributed by atoms with Crippen LogP contribution < -0.4 is 15.0 Å². The first-order valence-corrected chi connectivity index (χ1v) is 16.3. The van der Waals surface area contributed by atoms with Crippen LogP contribution in [0.15, 0.2) is 42.5 Å². The number of carbonyl (C=O) groups is 1. The van der Waals surface area contributed by atoms with Gasteiger partial charge in [0.15, 0.2) is 0 Å². The van der Waals surface area contributed by atoms with Gasteiger partial charge in [0.2, 0.25) is 0 Å². The molecule has 3 saturated heterocycles. The Labute approximate surface area is 261 Å². The lowest BCUT2D eigenvalue weighted by molar-refractivity contribution is 0.0223. The van der Waals surface area contributed by atoms with Gasteiger partial charge < -0.3 is 29.5 Å². The number of halogens is 1. The molecule has 1 saturated carbocycles. The average molecular weight is 604 g/mol. The van der Waals surface area contributed by atoms with E-state index in [0.717, 1.165) is 101 Å². The van der Waals surface area contributed by atoms with Gasteiger partial charge in [0.1, 0.15) is 11.6 Å². The van der Waals surface area contributed by atoms with Gasteiger partial charge in [0, 0.05) is 49.6 Å². The number of ether oxygens (including phenoxy) is 2. The second-order valence-corrected chi connectivity index (χ2v) is 13.3. The molecule has 0 radical (unpaired) electrons. The fraction of sp³-hybridized carbons (Fsp3) is 0.600. The van der Waals surface area contributed by atoms with Crippen molar-refractivity contribution < 1.29 is 18.7 Å². The maximum atomic E-state index is 14.9. The number of carbonyl (C=O) groups excluding carboxylic acids is 1. The smallest absolute Gasteiger partial charge is 0.407 e. The van der Waals surface area contributed by atoms with Crippen molar-refractivity contribution in [2.24, 2.45) is 17.8 Å². The van der Waals surface area contributed by atoms with Crippen molar-refractivity contribution in [2.45, 2.75) is 50.0 Å². The zero-order valence-electron chi connectivity index (χ0n) is 26.1. The molecule has 9 heteroatoms. The standard InChI is InChI=1S/C35H46FN5O3/c1-43-33-18-25(20-37)10-11-32(33)41-22-26(23-41)21-39-16-12-27(13-17-39)35(24-40-14-5-15-40,28-6-3-7-29(36)19-28)30-8-4-9-31(30)38-34(42)44-2/h3,6-7,10-11,18-19,26-27,30-31H,4-5,8-9,12-17,21-24H2,1-2H3,(H,38,42)/t30-,31-,35-/m0/s1. The van der Waals surface area contributed by atoms with Gasteiger partial charge in [-0.25, -0.2) is 9.18 Å². The van der Waals surface area contributed by atoms with E-state index in [9.17, 15) is 14.4 Å². The summed E-state index contributed by atoms with van der Waals surface area (Å²) in [6.45, 7) is 8.16. The van der Waals surface area contributed by atoms with Gasteiger partial charge in [-0.05, 0) is 99.9 Å². The lowest BCUT2D eigenvalue weighted by Gasteiger charge is -2.54. The zero-order chi connectivity index (χ0) is 30.7. The third-order valence-corrected chi connectivity index (χ3v) is 10.9. The molecule has 8 nitrogen and oxygen atoms in total. The third-order valence-electron chi connectivity index (χ3n) is 10.9. The minimum atomic E-state index is -0.373. The summed E-state index contributed by atoms with van der Waals surface area (Å²) < 4.78 is 25.5. The van der Waals surface area contributed by atoms with Gasteiger partial charge in [-0.3, -0.25) is 0 Å². The van der Waals surface area contributed by atoms with Crippen molar-refractivity contribution in [1.82, 2.24) is 15.1 Å². The van der Waals surface area contributed by atoms with Crippen molar-refractivity contribution in [3.05, 3.63) is 59.4 Å². The normalized spacial score (nSPS) is 24.5. The molecule has 0 bridgehead atoms. The second kappa shape index (κ2) is 13.3. The Kier molecular flexibility index (Phi) is 9.29. The Bertz CT molecular complexity index is 1350. The molecule has 236 valence electrons. The number of amides is 1. The molecule has 3 heterocycles. The molecule has 4 aliphatic rings. The number of rotatable bonds is 10. The highest BCUT2D eigenvalue weighted by Crippen LogP contribution is 2.51. The molecule has 44 heavy (non-hydrogen) atoms. The number of nitrogens with zero attached hydrogens (tertiary/aromatic N) is 4. The molecular formula is C35H46FN5O3. The molecule has 0 aromatic heterocycles. The first-order valence-electron chi connectivity index (χ1n) is 16.3. The summed E-state index contributed by atoms with van der Waals surface area (Å²) in [5, 5.41) is 12.4. The van der Waals surface area contributed by atoms with E-state index in [2.05, 4.69) is 32.2 Å². The van der Waals surface area contributed by atoms with E-state index in [1.54, 1.807) is 19.2 Å². The van der Waals surface area contributed by atoms with Gasteiger partial charge in [-0.2, -0.15) is 5.26 Å². The first kappa shape index (κ1) is 30.7. The second-order valence-electron chi connectivity index (χ2n) is 13.3. The highest BCUT2D eigenvalue weighted by Gasteiger charge is 2.53. The Balaban J connectivity index is 1.17. The van der Waals surface area contributed by atoms with Crippen LogP contribution in [0.3, 0.4) is 0 Å². The predicted molar refractivity (Wildman–Crippen MR) is 168 cm³/mol. The molecule has 0 spiro atoms. The molecule has 0 unspecified atom stereocenters. The quantitative estimate of drug-likeness (QED) is 0.409. The van der Waals surface area contributed by atoms with Crippen LogP contribution in [0.2, 0.25) is 0 Å². The molecule has 2 aromatic rings. The van der Waals surface area contributed by atoms with Crippen molar-refractivity contribution in [3.63, 3.8) is 0 Å². The maximum absolute atomic E-state index is 14.9. The number of piperidine rings is 1. The van der Waals surface area contributed by atoms with E-state index in [1.807, 2.05) is 24.3 Å². The lowest BCUT2D eigenvalue weighted by atomic mass is 9.57. The van der Waals surface area contributed by atoms with Gasteiger partial charge >= 0.3 is 6.09 Å². The number of methoxy groups -OCH3 is 2. The van der Waals surface area contributed by atoms with Crippen molar-refractivity contribution in [3.8, 4) is 11.8 Å². The monoisotopic (exact) mass is 603 g/mol. The van der Waals surface area contributed by atoms with Gasteiger partial charge in [0.25, 0.3) is 0 Å². The van der Waals surface area contributed by atoms with Crippen LogP contribution in [-0.4, -0.2) is 88.5 Å². The average Bonchev–Trinajstić information content (AvgIpc) is 3.47. The number of alkyl carbamates (subject to hydrolysis) is 1. The predicted octanol–water partition coefficient (Wildman–Crippen LogP) is 5.02. The summed E-state index contributed by atoms with van der Waals surface area (Å²) in [4.78, 5) is 19.9. The van der Waals surface area contributed by atoms with Crippen LogP contribution in [0.25, 0.3) is 0 Å². The molecular weight excluding hydrogens is 557 g/mol. The minimum Gasteiger partial charge on any atom is -0.495 e. The molecule has 4 fully saturated rings. The lowest BCUT2D eigenvalue weighted by Crippen LogP contribution is -2.60. The molecule has 2 aromatic carbocycles. The maximum Gasteiger partial charge on any atom is 0.407 e. The summed E-state index contributed by atoms with van der Waals surface area (Å²) in [6, 6.07) is 15.2. The summed E-state index contributed by atoms with van der Waals surface area (Å²) in [5.41, 5.74) is 2.52. The highest BCUT2D eigenvalue weighted by atomic mass is 19.1.